The molecule has 0 radical (unpaired) electrons. The van der Waals surface area contributed by atoms with Gasteiger partial charge in [-0.05, 0) is 38.8 Å². The lowest BCUT2D eigenvalue weighted by atomic mass is 10.1. The Hall–Kier alpha value is -3.99. The van der Waals surface area contributed by atoms with Gasteiger partial charge in [-0.1, -0.05) is 48.5 Å². The Balaban J connectivity index is 1.48. The molecule has 0 saturated carbocycles. The van der Waals surface area contributed by atoms with Gasteiger partial charge in [-0.15, -0.1) is 0 Å². The molecule has 3 aromatic rings. The van der Waals surface area contributed by atoms with Crippen LogP contribution < -0.4 is 0 Å². The maximum absolute atomic E-state index is 13.0. The maximum Gasteiger partial charge on any atom is 0.410 e. The van der Waals surface area contributed by atoms with Crippen LogP contribution in [0.5, 0.6) is 0 Å². The molecule has 1 aliphatic rings. The first-order valence-electron chi connectivity index (χ1n) is 12.2. The van der Waals surface area contributed by atoms with Crippen molar-refractivity contribution in [3.8, 4) is 6.07 Å². The van der Waals surface area contributed by atoms with Gasteiger partial charge in [-0.3, -0.25) is 0 Å². The summed E-state index contributed by atoms with van der Waals surface area (Å²) in [5.41, 5.74) is 1.88. The first kappa shape index (κ1) is 25.1. The lowest BCUT2D eigenvalue weighted by Gasteiger charge is -2.41. The molecule has 188 valence electrons. The van der Waals surface area contributed by atoms with Crippen LogP contribution in [-0.4, -0.2) is 57.8 Å². The third-order valence-corrected chi connectivity index (χ3v) is 6.19. The number of para-hydroxylation sites is 1. The monoisotopic (exact) mass is 488 g/mol. The minimum Gasteiger partial charge on any atom is -0.445 e. The summed E-state index contributed by atoms with van der Waals surface area (Å²) in [6.45, 7) is 7.37. The summed E-state index contributed by atoms with van der Waals surface area (Å²) >= 11 is 0. The van der Waals surface area contributed by atoms with Crippen molar-refractivity contribution < 1.29 is 19.1 Å². The number of ether oxygens (including phenoxy) is 2. The van der Waals surface area contributed by atoms with E-state index in [0.29, 0.717) is 38.2 Å². The van der Waals surface area contributed by atoms with Gasteiger partial charge in [-0.25, -0.2) is 9.59 Å². The number of fused-ring (bicyclic) bond motifs is 1. The van der Waals surface area contributed by atoms with Crippen LogP contribution in [0.2, 0.25) is 0 Å². The average molecular weight is 489 g/mol. The van der Waals surface area contributed by atoms with E-state index in [0.717, 1.165) is 16.5 Å². The normalized spacial score (nSPS) is 16.0. The molecule has 0 unspecified atom stereocenters. The SMILES string of the molecule is CC(C)(C)OC(=O)N1CCN(C(=O)OCc2ccccc2)C[C@H]1CCn1cc(C#N)c2ccccc21. The molecule has 1 aromatic heterocycles. The van der Waals surface area contributed by atoms with E-state index in [4.69, 9.17) is 9.47 Å². The third-order valence-electron chi connectivity index (χ3n) is 6.19. The predicted molar refractivity (Wildman–Crippen MR) is 136 cm³/mol. The van der Waals surface area contributed by atoms with Crippen LogP contribution in [0.15, 0.2) is 60.8 Å². The molecule has 8 heteroatoms. The molecule has 0 spiro atoms. The largest absolute Gasteiger partial charge is 0.445 e. The van der Waals surface area contributed by atoms with E-state index in [2.05, 4.69) is 6.07 Å². The molecular formula is C28H32N4O4. The smallest absolute Gasteiger partial charge is 0.410 e. The van der Waals surface area contributed by atoms with Gasteiger partial charge in [0.25, 0.3) is 0 Å². The number of nitriles is 1. The van der Waals surface area contributed by atoms with Gasteiger partial charge in [0.15, 0.2) is 0 Å². The highest BCUT2D eigenvalue weighted by molar-refractivity contribution is 5.86. The van der Waals surface area contributed by atoms with Crippen LogP contribution in [0.4, 0.5) is 9.59 Å². The Kier molecular flexibility index (Phi) is 7.49. The molecule has 1 saturated heterocycles. The summed E-state index contributed by atoms with van der Waals surface area (Å²) in [6, 6.07) is 19.3. The average Bonchev–Trinajstić information content (AvgIpc) is 3.23. The molecule has 0 N–H and O–H groups in total. The van der Waals surface area contributed by atoms with Crippen molar-refractivity contribution in [3.05, 3.63) is 71.9 Å². The van der Waals surface area contributed by atoms with E-state index in [1.54, 1.807) is 9.80 Å². The van der Waals surface area contributed by atoms with Crippen LogP contribution in [0.1, 0.15) is 38.3 Å². The quantitative estimate of drug-likeness (QED) is 0.495. The van der Waals surface area contributed by atoms with E-state index >= 15 is 0 Å². The molecule has 2 aromatic carbocycles. The first-order valence-corrected chi connectivity index (χ1v) is 12.2. The number of benzene rings is 2. The highest BCUT2D eigenvalue weighted by Gasteiger charge is 2.35. The zero-order valence-electron chi connectivity index (χ0n) is 21.0. The van der Waals surface area contributed by atoms with Crippen LogP contribution >= 0.6 is 0 Å². The fourth-order valence-electron chi connectivity index (χ4n) is 4.45. The Bertz CT molecular complexity index is 1260. The van der Waals surface area contributed by atoms with E-state index in [1.807, 2.05) is 86.1 Å². The summed E-state index contributed by atoms with van der Waals surface area (Å²) in [5, 5.41) is 10.4. The number of hydrogen-bond donors (Lipinski definition) is 0. The van der Waals surface area contributed by atoms with E-state index in [1.165, 1.54) is 0 Å². The van der Waals surface area contributed by atoms with Crippen LogP contribution in [0.25, 0.3) is 10.9 Å². The van der Waals surface area contributed by atoms with Gasteiger partial charge in [0.05, 0.1) is 11.6 Å². The minimum absolute atomic E-state index is 0.197. The van der Waals surface area contributed by atoms with Gasteiger partial charge in [0.1, 0.15) is 18.3 Å². The van der Waals surface area contributed by atoms with Crippen LogP contribution in [0, 0.1) is 11.3 Å². The number of rotatable bonds is 5. The van der Waals surface area contributed by atoms with Gasteiger partial charge in [-0.2, -0.15) is 5.26 Å². The summed E-state index contributed by atoms with van der Waals surface area (Å²) in [6.07, 6.45) is 1.65. The summed E-state index contributed by atoms with van der Waals surface area (Å²) in [5.74, 6) is 0. The number of carbonyl (C=O) groups is 2. The van der Waals surface area contributed by atoms with E-state index in [9.17, 15) is 14.9 Å². The molecule has 4 rings (SSSR count). The number of aromatic nitrogens is 1. The number of nitrogens with zero attached hydrogens (tertiary/aromatic N) is 4. The topological polar surface area (TPSA) is 87.8 Å². The second kappa shape index (κ2) is 10.7. The number of carbonyl (C=O) groups excluding carboxylic acids is 2. The van der Waals surface area contributed by atoms with Gasteiger partial charge < -0.3 is 23.8 Å². The summed E-state index contributed by atoms with van der Waals surface area (Å²) in [4.78, 5) is 29.2. The predicted octanol–water partition coefficient (Wildman–Crippen LogP) is 5.16. The zero-order valence-corrected chi connectivity index (χ0v) is 21.0. The highest BCUT2D eigenvalue weighted by Crippen LogP contribution is 2.24. The van der Waals surface area contributed by atoms with Gasteiger partial charge >= 0.3 is 12.2 Å². The van der Waals surface area contributed by atoms with Crippen molar-refractivity contribution in [2.24, 2.45) is 0 Å². The van der Waals surface area contributed by atoms with Crippen molar-refractivity contribution in [1.82, 2.24) is 14.4 Å². The van der Waals surface area contributed by atoms with Crippen molar-refractivity contribution in [2.75, 3.05) is 19.6 Å². The van der Waals surface area contributed by atoms with Gasteiger partial charge in [0, 0.05) is 43.3 Å². The number of amides is 2. The van der Waals surface area contributed by atoms with E-state index in [-0.39, 0.29) is 18.7 Å². The second-order valence-electron chi connectivity index (χ2n) is 9.97. The van der Waals surface area contributed by atoms with E-state index < -0.39 is 11.7 Å². The standard InChI is InChI=1S/C28H32N4O4/c1-28(2,3)36-27(34)32-16-15-31(26(33)35-20-21-9-5-4-6-10-21)19-23(32)13-14-30-18-22(17-29)24-11-7-8-12-25(24)30/h4-12,18,23H,13-16,19-20H2,1-3H3/t23-/m1/s1. The molecule has 2 heterocycles. The number of piperazine rings is 1. The first-order chi connectivity index (χ1) is 17.2. The third kappa shape index (κ3) is 5.98. The lowest BCUT2D eigenvalue weighted by molar-refractivity contribution is -0.00496. The maximum atomic E-state index is 13.0. The van der Waals surface area contributed by atoms with Crippen molar-refractivity contribution in [3.63, 3.8) is 0 Å². The van der Waals surface area contributed by atoms with Crippen molar-refractivity contribution >= 4 is 23.1 Å². The Morgan fingerprint density at radius 1 is 1.03 bits per heavy atom. The second-order valence-corrected chi connectivity index (χ2v) is 9.97. The fourth-order valence-corrected chi connectivity index (χ4v) is 4.45. The molecule has 1 atom stereocenters. The Labute approximate surface area is 211 Å². The molecule has 1 aliphatic heterocycles. The van der Waals surface area contributed by atoms with Crippen LogP contribution in [0.3, 0.4) is 0 Å². The molecule has 2 amide bonds. The minimum atomic E-state index is -0.619. The number of hydrogen-bond acceptors (Lipinski definition) is 5. The molecule has 36 heavy (non-hydrogen) atoms. The molecular weight excluding hydrogens is 456 g/mol. The summed E-state index contributed by atoms with van der Waals surface area (Å²) < 4.78 is 13.2. The lowest BCUT2D eigenvalue weighted by Crippen LogP contribution is -2.57. The van der Waals surface area contributed by atoms with Gasteiger partial charge in [0.2, 0.25) is 0 Å². The summed E-state index contributed by atoms with van der Waals surface area (Å²) in [7, 11) is 0. The van der Waals surface area contributed by atoms with Crippen molar-refractivity contribution in [2.45, 2.75) is 52.0 Å². The highest BCUT2D eigenvalue weighted by atomic mass is 16.6. The van der Waals surface area contributed by atoms with Crippen molar-refractivity contribution in [1.29, 1.82) is 5.26 Å². The zero-order chi connectivity index (χ0) is 25.7. The Morgan fingerprint density at radius 3 is 2.47 bits per heavy atom. The number of aryl methyl sites for hydroxylation is 1. The fraction of sp³-hybridized carbons (Fsp3) is 0.393. The molecule has 0 bridgehead atoms. The Morgan fingerprint density at radius 2 is 1.75 bits per heavy atom. The van der Waals surface area contributed by atoms with Crippen LogP contribution in [-0.2, 0) is 22.6 Å². The molecule has 1 fully saturated rings. The molecule has 8 nitrogen and oxygen atoms in total. The molecule has 0 aliphatic carbocycles.